The van der Waals surface area contributed by atoms with Crippen LogP contribution in [-0.2, 0) is 11.3 Å². The van der Waals surface area contributed by atoms with Crippen molar-refractivity contribution < 1.29 is 4.74 Å². The Morgan fingerprint density at radius 3 is 2.58 bits per heavy atom. The Bertz CT molecular complexity index is 370. The molecule has 0 bridgehead atoms. The van der Waals surface area contributed by atoms with Gasteiger partial charge in [0.15, 0.2) is 0 Å². The van der Waals surface area contributed by atoms with E-state index in [4.69, 9.17) is 4.74 Å². The number of hydrogen-bond donors (Lipinski definition) is 0. The Labute approximate surface area is 125 Å². The summed E-state index contributed by atoms with van der Waals surface area (Å²) in [4.78, 5) is 0. The van der Waals surface area contributed by atoms with Crippen LogP contribution in [0.4, 0.5) is 0 Å². The fourth-order valence-electron chi connectivity index (χ4n) is 3.50. The zero-order chi connectivity index (χ0) is 13.7. The first-order valence-electron chi connectivity index (χ1n) is 7.31. The molecule has 2 heteroatoms. The average molecular weight is 325 g/mol. The second-order valence-corrected chi connectivity index (χ2v) is 7.02. The lowest BCUT2D eigenvalue weighted by molar-refractivity contribution is 0.0292. The van der Waals surface area contributed by atoms with Crippen LogP contribution >= 0.6 is 15.9 Å². The Morgan fingerprint density at radius 1 is 1.32 bits per heavy atom. The predicted molar refractivity (Wildman–Crippen MR) is 84.5 cm³/mol. The molecule has 1 unspecified atom stereocenters. The fraction of sp³-hybridized carbons (Fsp3) is 0.647. The highest BCUT2D eigenvalue weighted by molar-refractivity contribution is 9.09. The lowest BCUT2D eigenvalue weighted by atomic mass is 9.60. The molecule has 0 heterocycles. The van der Waals surface area contributed by atoms with Crippen LogP contribution < -0.4 is 0 Å². The molecule has 0 amide bonds. The molecule has 1 aliphatic rings. The number of alkyl halides is 1. The largest absolute Gasteiger partial charge is 0.376 e. The van der Waals surface area contributed by atoms with Crippen molar-refractivity contribution in [2.24, 2.45) is 17.3 Å². The molecule has 0 radical (unpaired) electrons. The van der Waals surface area contributed by atoms with Crippen LogP contribution in [0.1, 0.15) is 38.7 Å². The SMILES string of the molecule is CC(COCc1ccccc1)CC1(CBr)CC(C)C1. The van der Waals surface area contributed by atoms with Gasteiger partial charge in [0.05, 0.1) is 6.61 Å². The van der Waals surface area contributed by atoms with Crippen LogP contribution in [0.15, 0.2) is 30.3 Å². The van der Waals surface area contributed by atoms with Gasteiger partial charge in [-0.3, -0.25) is 0 Å². The summed E-state index contributed by atoms with van der Waals surface area (Å²) in [5, 5.41) is 1.15. The minimum Gasteiger partial charge on any atom is -0.376 e. The van der Waals surface area contributed by atoms with E-state index in [0.29, 0.717) is 11.3 Å². The zero-order valence-electron chi connectivity index (χ0n) is 12.1. The molecular weight excluding hydrogens is 300 g/mol. The summed E-state index contributed by atoms with van der Waals surface area (Å²) >= 11 is 3.70. The van der Waals surface area contributed by atoms with E-state index in [0.717, 1.165) is 24.5 Å². The molecule has 106 valence electrons. The van der Waals surface area contributed by atoms with Gasteiger partial charge in [0.2, 0.25) is 0 Å². The normalized spacial score (nSPS) is 27.8. The molecule has 0 N–H and O–H groups in total. The van der Waals surface area contributed by atoms with Gasteiger partial charge < -0.3 is 4.74 Å². The molecule has 1 aromatic rings. The van der Waals surface area contributed by atoms with Crippen molar-refractivity contribution in [3.63, 3.8) is 0 Å². The number of rotatable bonds is 7. The maximum Gasteiger partial charge on any atom is 0.0717 e. The van der Waals surface area contributed by atoms with Crippen molar-refractivity contribution in [3.8, 4) is 0 Å². The molecule has 1 nitrogen and oxygen atoms in total. The highest BCUT2D eigenvalue weighted by atomic mass is 79.9. The van der Waals surface area contributed by atoms with Gasteiger partial charge in [-0.25, -0.2) is 0 Å². The quantitative estimate of drug-likeness (QED) is 0.638. The van der Waals surface area contributed by atoms with Crippen LogP contribution in [0, 0.1) is 17.3 Å². The predicted octanol–water partition coefficient (Wildman–Crippen LogP) is 5.04. The van der Waals surface area contributed by atoms with E-state index in [1.165, 1.54) is 24.8 Å². The number of benzene rings is 1. The van der Waals surface area contributed by atoms with Crippen LogP contribution in [0.3, 0.4) is 0 Å². The lowest BCUT2D eigenvalue weighted by Crippen LogP contribution is -2.39. The molecule has 19 heavy (non-hydrogen) atoms. The van der Waals surface area contributed by atoms with Gasteiger partial charge in [-0.2, -0.15) is 0 Å². The Hall–Kier alpha value is -0.340. The Morgan fingerprint density at radius 2 is 2.00 bits per heavy atom. The second kappa shape index (κ2) is 6.90. The summed E-state index contributed by atoms with van der Waals surface area (Å²) in [6.07, 6.45) is 4.04. The van der Waals surface area contributed by atoms with Crippen LogP contribution in [0.25, 0.3) is 0 Å². The van der Waals surface area contributed by atoms with Gasteiger partial charge in [0.1, 0.15) is 0 Å². The smallest absolute Gasteiger partial charge is 0.0717 e. The van der Waals surface area contributed by atoms with Crippen molar-refractivity contribution in [1.82, 2.24) is 0 Å². The van der Waals surface area contributed by atoms with Gasteiger partial charge in [-0.15, -0.1) is 0 Å². The third-order valence-corrected chi connectivity index (χ3v) is 5.33. The van der Waals surface area contributed by atoms with Crippen molar-refractivity contribution in [2.75, 3.05) is 11.9 Å². The highest BCUT2D eigenvalue weighted by Crippen LogP contribution is 2.50. The Kier molecular flexibility index (Phi) is 5.47. The first-order chi connectivity index (χ1) is 9.13. The standard InChI is InChI=1S/C17H25BrO/c1-14-8-17(9-14,13-18)10-15(2)11-19-12-16-6-4-3-5-7-16/h3-7,14-15H,8-13H2,1-2H3. The molecule has 1 saturated carbocycles. The summed E-state index contributed by atoms with van der Waals surface area (Å²) in [6, 6.07) is 10.4. The van der Waals surface area contributed by atoms with Gasteiger partial charge >= 0.3 is 0 Å². The monoisotopic (exact) mass is 324 g/mol. The molecule has 0 saturated heterocycles. The lowest BCUT2D eigenvalue weighted by Gasteiger charge is -2.47. The van der Waals surface area contributed by atoms with E-state index in [-0.39, 0.29) is 0 Å². The molecule has 2 rings (SSSR count). The van der Waals surface area contributed by atoms with Crippen molar-refractivity contribution in [2.45, 2.75) is 39.7 Å². The van der Waals surface area contributed by atoms with Gasteiger partial charge in [-0.05, 0) is 42.1 Å². The minimum absolute atomic E-state index is 0.551. The summed E-state index contributed by atoms with van der Waals surface area (Å²) in [7, 11) is 0. The van der Waals surface area contributed by atoms with Crippen molar-refractivity contribution in [1.29, 1.82) is 0 Å². The summed E-state index contributed by atoms with van der Waals surface area (Å²) < 4.78 is 5.85. The summed E-state index contributed by atoms with van der Waals surface area (Å²) in [6.45, 7) is 6.29. The first-order valence-corrected chi connectivity index (χ1v) is 8.43. The molecule has 1 atom stereocenters. The van der Waals surface area contributed by atoms with Gasteiger partial charge in [0.25, 0.3) is 0 Å². The van der Waals surface area contributed by atoms with E-state index < -0.39 is 0 Å². The number of halogens is 1. The molecular formula is C17H25BrO. The van der Waals surface area contributed by atoms with Crippen molar-refractivity contribution in [3.05, 3.63) is 35.9 Å². The second-order valence-electron chi connectivity index (χ2n) is 6.46. The number of hydrogen-bond acceptors (Lipinski definition) is 1. The Balaban J connectivity index is 1.69. The van der Waals surface area contributed by atoms with Crippen molar-refractivity contribution >= 4 is 15.9 Å². The maximum atomic E-state index is 5.85. The van der Waals surface area contributed by atoms with Crippen LogP contribution in [-0.4, -0.2) is 11.9 Å². The van der Waals surface area contributed by atoms with E-state index in [2.05, 4.69) is 54.0 Å². The summed E-state index contributed by atoms with van der Waals surface area (Å²) in [5.74, 6) is 1.56. The first kappa shape index (κ1) is 15.1. The van der Waals surface area contributed by atoms with E-state index in [1.54, 1.807) is 0 Å². The van der Waals surface area contributed by atoms with E-state index >= 15 is 0 Å². The van der Waals surface area contributed by atoms with Gasteiger partial charge in [-0.1, -0.05) is 60.1 Å². The highest BCUT2D eigenvalue weighted by Gasteiger charge is 2.41. The molecule has 0 aromatic heterocycles. The fourth-order valence-corrected chi connectivity index (χ4v) is 4.19. The molecule has 1 fully saturated rings. The molecule has 1 aliphatic carbocycles. The van der Waals surface area contributed by atoms with Crippen LogP contribution in [0.2, 0.25) is 0 Å². The summed E-state index contributed by atoms with van der Waals surface area (Å²) in [5.41, 5.74) is 1.82. The molecule has 0 aliphatic heterocycles. The minimum atomic E-state index is 0.551. The third-order valence-electron chi connectivity index (χ3n) is 4.14. The maximum absolute atomic E-state index is 5.85. The number of ether oxygens (including phenoxy) is 1. The van der Waals surface area contributed by atoms with Crippen LogP contribution in [0.5, 0.6) is 0 Å². The molecule has 0 spiro atoms. The van der Waals surface area contributed by atoms with E-state index in [9.17, 15) is 0 Å². The average Bonchev–Trinajstić information content (AvgIpc) is 2.37. The zero-order valence-corrected chi connectivity index (χ0v) is 13.7. The topological polar surface area (TPSA) is 9.23 Å². The van der Waals surface area contributed by atoms with Gasteiger partial charge in [0, 0.05) is 11.9 Å². The molecule has 1 aromatic carbocycles. The third kappa shape index (κ3) is 4.32. The van der Waals surface area contributed by atoms with E-state index in [1.807, 2.05) is 6.07 Å².